The van der Waals surface area contributed by atoms with Gasteiger partial charge in [0.15, 0.2) is 0 Å². The van der Waals surface area contributed by atoms with E-state index in [0.29, 0.717) is 0 Å². The fourth-order valence-corrected chi connectivity index (χ4v) is 9.71. The third-order valence-electron chi connectivity index (χ3n) is 11.5. The summed E-state index contributed by atoms with van der Waals surface area (Å²) in [6.45, 7) is 0. The maximum absolute atomic E-state index is 2.41. The van der Waals surface area contributed by atoms with Gasteiger partial charge in [0.2, 0.25) is 0 Å². The van der Waals surface area contributed by atoms with Crippen LogP contribution in [0.5, 0.6) is 0 Å². The van der Waals surface area contributed by atoms with E-state index in [-0.39, 0.29) is 0 Å². The van der Waals surface area contributed by atoms with Crippen molar-refractivity contribution in [2.24, 2.45) is 0 Å². The standard InChI is InChI=1S/C56H37NS/c1-3-15-47-40(11-1)13-9-19-49(47)42-25-23-38(24-26-42)39-27-32-45(33-28-39)57(46-34-29-43(30-35-46)50-20-10-14-41-12-2-4-16-48(41)50)54-21-7-5-17-51(54)44-31-36-56-53(37-44)52-18-6-8-22-55(52)58-56/h1-37H. The van der Waals surface area contributed by atoms with Crippen LogP contribution in [0.1, 0.15) is 0 Å². The summed E-state index contributed by atoms with van der Waals surface area (Å²) < 4.78 is 2.63. The molecular weight excluding hydrogens is 719 g/mol. The highest BCUT2D eigenvalue weighted by molar-refractivity contribution is 7.25. The first-order valence-corrected chi connectivity index (χ1v) is 20.6. The van der Waals surface area contributed by atoms with Gasteiger partial charge in [0.1, 0.15) is 0 Å². The Balaban J connectivity index is 1.00. The molecule has 0 radical (unpaired) electrons. The number of anilines is 3. The van der Waals surface area contributed by atoms with Gasteiger partial charge in [0.05, 0.1) is 5.69 Å². The summed E-state index contributed by atoms with van der Waals surface area (Å²) in [5.74, 6) is 0. The molecule has 1 nitrogen and oxygen atoms in total. The molecule has 0 N–H and O–H groups in total. The van der Waals surface area contributed by atoms with Crippen LogP contribution >= 0.6 is 11.3 Å². The van der Waals surface area contributed by atoms with Crippen molar-refractivity contribution in [1.29, 1.82) is 0 Å². The van der Waals surface area contributed by atoms with E-state index in [1.54, 1.807) is 0 Å². The highest BCUT2D eigenvalue weighted by atomic mass is 32.1. The van der Waals surface area contributed by atoms with Crippen molar-refractivity contribution >= 4 is 70.1 Å². The minimum absolute atomic E-state index is 1.10. The number of benzene rings is 10. The monoisotopic (exact) mass is 755 g/mol. The molecule has 272 valence electrons. The van der Waals surface area contributed by atoms with E-state index >= 15 is 0 Å². The fraction of sp³-hybridized carbons (Fsp3) is 0. The summed E-state index contributed by atoms with van der Waals surface area (Å²) in [6.07, 6.45) is 0. The molecule has 0 aliphatic carbocycles. The average Bonchev–Trinajstić information content (AvgIpc) is 3.68. The molecule has 11 rings (SSSR count). The molecule has 0 saturated carbocycles. The summed E-state index contributed by atoms with van der Waals surface area (Å²) in [5.41, 5.74) is 13.0. The van der Waals surface area contributed by atoms with Crippen LogP contribution in [-0.2, 0) is 0 Å². The minimum atomic E-state index is 1.10. The van der Waals surface area contributed by atoms with Gasteiger partial charge in [-0.15, -0.1) is 11.3 Å². The van der Waals surface area contributed by atoms with Crippen LogP contribution in [0.2, 0.25) is 0 Å². The number of hydrogen-bond donors (Lipinski definition) is 0. The van der Waals surface area contributed by atoms with Crippen LogP contribution < -0.4 is 4.90 Å². The van der Waals surface area contributed by atoms with Crippen LogP contribution in [0.4, 0.5) is 17.1 Å². The summed E-state index contributed by atoms with van der Waals surface area (Å²) in [7, 11) is 0. The molecule has 0 saturated heterocycles. The summed E-state index contributed by atoms with van der Waals surface area (Å²) >= 11 is 1.86. The van der Waals surface area contributed by atoms with E-state index in [2.05, 4.69) is 229 Å². The lowest BCUT2D eigenvalue weighted by molar-refractivity contribution is 1.28. The second-order valence-corrected chi connectivity index (χ2v) is 16.0. The molecule has 1 heterocycles. The lowest BCUT2D eigenvalue weighted by atomic mass is 9.96. The second-order valence-electron chi connectivity index (χ2n) is 14.9. The summed E-state index contributed by atoms with van der Waals surface area (Å²) in [5, 5.41) is 7.65. The Hall–Kier alpha value is -7.26. The number of nitrogens with zero attached hydrogens (tertiary/aromatic N) is 1. The maximum atomic E-state index is 2.41. The van der Waals surface area contributed by atoms with Crippen molar-refractivity contribution in [3.8, 4) is 44.5 Å². The van der Waals surface area contributed by atoms with Crippen LogP contribution in [0.25, 0.3) is 86.2 Å². The number of thiophene rings is 1. The maximum Gasteiger partial charge on any atom is 0.0540 e. The van der Waals surface area contributed by atoms with E-state index in [0.717, 1.165) is 17.1 Å². The molecule has 0 amide bonds. The smallest absolute Gasteiger partial charge is 0.0540 e. The number of para-hydroxylation sites is 1. The van der Waals surface area contributed by atoms with Crippen molar-refractivity contribution in [3.05, 3.63) is 224 Å². The lowest BCUT2D eigenvalue weighted by Crippen LogP contribution is -2.11. The van der Waals surface area contributed by atoms with E-state index in [1.165, 1.54) is 86.2 Å². The van der Waals surface area contributed by atoms with E-state index < -0.39 is 0 Å². The number of rotatable bonds is 7. The van der Waals surface area contributed by atoms with Crippen molar-refractivity contribution < 1.29 is 0 Å². The zero-order chi connectivity index (χ0) is 38.4. The minimum Gasteiger partial charge on any atom is -0.310 e. The number of fused-ring (bicyclic) bond motifs is 5. The lowest BCUT2D eigenvalue weighted by Gasteiger charge is -2.28. The first-order valence-electron chi connectivity index (χ1n) is 19.8. The first kappa shape index (κ1) is 34.0. The average molecular weight is 756 g/mol. The van der Waals surface area contributed by atoms with E-state index in [9.17, 15) is 0 Å². The van der Waals surface area contributed by atoms with Gasteiger partial charge in [-0.25, -0.2) is 0 Å². The van der Waals surface area contributed by atoms with Crippen LogP contribution in [0.15, 0.2) is 224 Å². The predicted molar refractivity (Wildman–Crippen MR) is 251 cm³/mol. The molecule has 58 heavy (non-hydrogen) atoms. The SMILES string of the molecule is c1ccc(N(c2ccc(-c3ccc(-c4cccc5ccccc45)cc3)cc2)c2ccc(-c3cccc4ccccc34)cc2)c(-c2ccc3sc4ccccc4c3c2)c1. The highest BCUT2D eigenvalue weighted by Gasteiger charge is 2.19. The Morgan fingerprint density at radius 3 is 1.34 bits per heavy atom. The van der Waals surface area contributed by atoms with Gasteiger partial charge >= 0.3 is 0 Å². The van der Waals surface area contributed by atoms with Crippen LogP contribution in [0.3, 0.4) is 0 Å². The van der Waals surface area contributed by atoms with Crippen LogP contribution in [0, 0.1) is 0 Å². The Bertz CT molecular complexity index is 3250. The molecule has 0 fully saturated rings. The third kappa shape index (κ3) is 6.03. The van der Waals surface area contributed by atoms with Crippen molar-refractivity contribution in [2.45, 2.75) is 0 Å². The van der Waals surface area contributed by atoms with Gasteiger partial charge in [0, 0.05) is 37.1 Å². The van der Waals surface area contributed by atoms with Gasteiger partial charge in [-0.05, 0) is 109 Å². The molecule has 10 aromatic carbocycles. The molecule has 0 aliphatic heterocycles. The molecule has 0 bridgehead atoms. The van der Waals surface area contributed by atoms with Crippen molar-refractivity contribution in [2.75, 3.05) is 4.90 Å². The van der Waals surface area contributed by atoms with Gasteiger partial charge < -0.3 is 4.90 Å². The van der Waals surface area contributed by atoms with Gasteiger partial charge in [-0.2, -0.15) is 0 Å². The highest BCUT2D eigenvalue weighted by Crippen LogP contribution is 2.44. The Kier molecular flexibility index (Phi) is 8.42. The summed E-state index contributed by atoms with van der Waals surface area (Å²) in [6, 6.07) is 81.9. The van der Waals surface area contributed by atoms with Crippen molar-refractivity contribution in [3.63, 3.8) is 0 Å². The first-order chi connectivity index (χ1) is 28.7. The molecular formula is C56H37NS. The molecule has 0 unspecified atom stereocenters. The molecule has 0 atom stereocenters. The van der Waals surface area contributed by atoms with Gasteiger partial charge in [-0.1, -0.05) is 176 Å². The Labute approximate surface area is 342 Å². The third-order valence-corrected chi connectivity index (χ3v) is 12.7. The zero-order valence-corrected chi connectivity index (χ0v) is 32.5. The van der Waals surface area contributed by atoms with E-state index in [1.807, 2.05) is 11.3 Å². The predicted octanol–water partition coefficient (Wildman–Crippen LogP) is 16.5. The van der Waals surface area contributed by atoms with E-state index in [4.69, 9.17) is 0 Å². The molecule has 2 heteroatoms. The zero-order valence-electron chi connectivity index (χ0n) is 31.7. The molecule has 1 aromatic heterocycles. The van der Waals surface area contributed by atoms with Gasteiger partial charge in [-0.3, -0.25) is 0 Å². The van der Waals surface area contributed by atoms with Gasteiger partial charge in [0.25, 0.3) is 0 Å². The topological polar surface area (TPSA) is 3.24 Å². The fourth-order valence-electron chi connectivity index (χ4n) is 8.62. The normalized spacial score (nSPS) is 11.4. The quantitative estimate of drug-likeness (QED) is 0.157. The largest absolute Gasteiger partial charge is 0.310 e. The molecule has 0 spiro atoms. The Morgan fingerprint density at radius 2 is 0.707 bits per heavy atom. The Morgan fingerprint density at radius 1 is 0.276 bits per heavy atom. The molecule has 11 aromatic rings. The van der Waals surface area contributed by atoms with Crippen LogP contribution in [-0.4, -0.2) is 0 Å². The number of hydrogen-bond acceptors (Lipinski definition) is 2. The molecule has 0 aliphatic rings. The second kappa shape index (κ2) is 14.4. The van der Waals surface area contributed by atoms with Crippen molar-refractivity contribution in [1.82, 2.24) is 0 Å². The summed E-state index contributed by atoms with van der Waals surface area (Å²) in [4.78, 5) is 2.41.